The third kappa shape index (κ3) is 4.51. The van der Waals surface area contributed by atoms with E-state index in [1.54, 1.807) is 36.5 Å². The zero-order valence-electron chi connectivity index (χ0n) is 13.8. The number of nitrogens with zero attached hydrogens (tertiary/aromatic N) is 1. The number of rotatable bonds is 5. The van der Waals surface area contributed by atoms with Crippen LogP contribution in [-0.4, -0.2) is 16.8 Å². The first-order chi connectivity index (χ1) is 12.6. The van der Waals surface area contributed by atoms with E-state index in [-0.39, 0.29) is 17.6 Å². The normalized spacial score (nSPS) is 10.2. The van der Waals surface area contributed by atoms with Gasteiger partial charge in [-0.05, 0) is 60.7 Å². The van der Waals surface area contributed by atoms with E-state index in [1.165, 1.54) is 24.3 Å². The number of hydrogen-bond acceptors (Lipinski definition) is 3. The first-order valence-corrected chi connectivity index (χ1v) is 7.97. The molecule has 2 N–H and O–H groups in total. The van der Waals surface area contributed by atoms with Crippen molar-refractivity contribution in [1.29, 1.82) is 0 Å². The molecule has 5 nitrogen and oxygen atoms in total. The number of pyridine rings is 1. The molecule has 0 radical (unpaired) electrons. The molecule has 0 unspecified atom stereocenters. The van der Waals surface area contributed by atoms with Gasteiger partial charge in [0.1, 0.15) is 5.82 Å². The largest absolute Gasteiger partial charge is 0.346 e. The molecule has 0 fully saturated rings. The van der Waals surface area contributed by atoms with Crippen LogP contribution in [0.5, 0.6) is 0 Å². The van der Waals surface area contributed by atoms with Crippen molar-refractivity contribution >= 4 is 17.5 Å². The van der Waals surface area contributed by atoms with E-state index in [0.29, 0.717) is 23.4 Å². The van der Waals surface area contributed by atoms with Gasteiger partial charge in [0.2, 0.25) is 0 Å². The van der Waals surface area contributed by atoms with Crippen molar-refractivity contribution in [3.05, 3.63) is 95.6 Å². The predicted octanol–water partition coefficient (Wildman–Crippen LogP) is 3.40. The molecule has 0 aliphatic carbocycles. The molecule has 0 saturated heterocycles. The summed E-state index contributed by atoms with van der Waals surface area (Å²) < 4.78 is 12.9. The number of aromatic nitrogens is 1. The van der Waals surface area contributed by atoms with Gasteiger partial charge in [0.25, 0.3) is 11.8 Å². The molecule has 1 heterocycles. The van der Waals surface area contributed by atoms with Crippen LogP contribution in [0.25, 0.3) is 0 Å². The first kappa shape index (κ1) is 17.3. The van der Waals surface area contributed by atoms with Gasteiger partial charge in [-0.2, -0.15) is 0 Å². The Kier molecular flexibility index (Phi) is 5.34. The first-order valence-electron chi connectivity index (χ1n) is 7.97. The van der Waals surface area contributed by atoms with Crippen molar-refractivity contribution in [1.82, 2.24) is 10.3 Å². The minimum atomic E-state index is -0.371. The molecule has 3 aromatic rings. The van der Waals surface area contributed by atoms with Crippen LogP contribution >= 0.6 is 0 Å². The van der Waals surface area contributed by atoms with E-state index in [0.717, 1.165) is 5.69 Å². The Morgan fingerprint density at radius 2 is 1.50 bits per heavy atom. The molecular weight excluding hydrogens is 333 g/mol. The minimum absolute atomic E-state index is 0.249. The van der Waals surface area contributed by atoms with Crippen molar-refractivity contribution in [2.75, 3.05) is 5.32 Å². The summed E-state index contributed by atoms with van der Waals surface area (Å²) in [4.78, 5) is 28.5. The van der Waals surface area contributed by atoms with Crippen molar-refractivity contribution in [3.63, 3.8) is 0 Å². The maximum Gasteiger partial charge on any atom is 0.255 e. The summed E-state index contributed by atoms with van der Waals surface area (Å²) in [5.41, 5.74) is 2.10. The minimum Gasteiger partial charge on any atom is -0.346 e. The van der Waals surface area contributed by atoms with Crippen LogP contribution in [0.4, 0.5) is 10.1 Å². The molecule has 0 aliphatic heterocycles. The zero-order valence-corrected chi connectivity index (χ0v) is 13.8. The zero-order chi connectivity index (χ0) is 18.4. The van der Waals surface area contributed by atoms with Gasteiger partial charge in [-0.1, -0.05) is 6.07 Å². The van der Waals surface area contributed by atoms with E-state index in [9.17, 15) is 14.0 Å². The molecule has 130 valence electrons. The van der Waals surface area contributed by atoms with Crippen LogP contribution in [-0.2, 0) is 6.54 Å². The fourth-order valence-corrected chi connectivity index (χ4v) is 2.29. The van der Waals surface area contributed by atoms with Crippen LogP contribution in [0.2, 0.25) is 0 Å². The van der Waals surface area contributed by atoms with Gasteiger partial charge in [-0.15, -0.1) is 0 Å². The monoisotopic (exact) mass is 349 g/mol. The Morgan fingerprint density at radius 1 is 0.846 bits per heavy atom. The van der Waals surface area contributed by atoms with Crippen LogP contribution < -0.4 is 10.6 Å². The standard InChI is InChI=1S/C20H16FN3O2/c21-16-8-10-17(11-9-16)24-20(26)15-6-4-14(5-7-15)19(25)23-13-18-3-1-2-12-22-18/h1-12H,13H2,(H,23,25)(H,24,26). The third-order valence-corrected chi connectivity index (χ3v) is 3.67. The lowest BCUT2D eigenvalue weighted by atomic mass is 10.1. The van der Waals surface area contributed by atoms with Crippen molar-refractivity contribution in [3.8, 4) is 0 Å². The highest BCUT2D eigenvalue weighted by Gasteiger charge is 2.09. The molecule has 3 rings (SSSR count). The molecule has 26 heavy (non-hydrogen) atoms. The highest BCUT2D eigenvalue weighted by molar-refractivity contribution is 6.05. The van der Waals surface area contributed by atoms with Gasteiger partial charge in [0, 0.05) is 23.0 Å². The maximum atomic E-state index is 12.9. The third-order valence-electron chi connectivity index (χ3n) is 3.67. The second-order valence-electron chi connectivity index (χ2n) is 5.54. The topological polar surface area (TPSA) is 71.1 Å². The highest BCUT2D eigenvalue weighted by atomic mass is 19.1. The van der Waals surface area contributed by atoms with Gasteiger partial charge in [0.05, 0.1) is 12.2 Å². The summed E-state index contributed by atoms with van der Waals surface area (Å²) in [5, 5.41) is 5.44. The number of hydrogen-bond donors (Lipinski definition) is 2. The van der Waals surface area contributed by atoms with E-state index >= 15 is 0 Å². The smallest absolute Gasteiger partial charge is 0.255 e. The highest BCUT2D eigenvalue weighted by Crippen LogP contribution is 2.11. The number of nitrogens with one attached hydrogen (secondary N) is 2. The lowest BCUT2D eigenvalue weighted by Gasteiger charge is -2.07. The molecule has 2 aromatic carbocycles. The molecule has 0 aliphatic rings. The number of amides is 2. The number of benzene rings is 2. The van der Waals surface area contributed by atoms with E-state index in [2.05, 4.69) is 15.6 Å². The molecule has 0 spiro atoms. The van der Waals surface area contributed by atoms with Crippen LogP contribution in [0, 0.1) is 5.82 Å². The number of anilines is 1. The fraction of sp³-hybridized carbons (Fsp3) is 0.0500. The van der Waals surface area contributed by atoms with Crippen molar-refractivity contribution in [2.45, 2.75) is 6.54 Å². The summed E-state index contributed by atoms with van der Waals surface area (Å²) in [6, 6.07) is 17.3. The molecule has 6 heteroatoms. The average molecular weight is 349 g/mol. The number of carbonyl (C=O) groups excluding carboxylic acids is 2. The lowest BCUT2D eigenvalue weighted by molar-refractivity contribution is 0.0948. The van der Waals surface area contributed by atoms with Crippen molar-refractivity contribution in [2.24, 2.45) is 0 Å². The fourth-order valence-electron chi connectivity index (χ4n) is 2.29. The van der Waals surface area contributed by atoms with Crippen molar-refractivity contribution < 1.29 is 14.0 Å². The number of carbonyl (C=O) groups is 2. The maximum absolute atomic E-state index is 12.9. The summed E-state index contributed by atoms with van der Waals surface area (Å²) >= 11 is 0. The van der Waals surface area contributed by atoms with Crippen LogP contribution in [0.1, 0.15) is 26.4 Å². The Labute approximate surface area is 149 Å². The molecule has 1 aromatic heterocycles. The Morgan fingerprint density at radius 3 is 2.12 bits per heavy atom. The quantitative estimate of drug-likeness (QED) is 0.742. The Hall–Kier alpha value is -3.54. The molecule has 0 bridgehead atoms. The summed E-state index contributed by atoms with van der Waals surface area (Å²) in [6.45, 7) is 0.326. The number of halogens is 1. The predicted molar refractivity (Wildman–Crippen MR) is 96.2 cm³/mol. The van der Waals surface area contributed by atoms with Gasteiger partial charge in [-0.25, -0.2) is 4.39 Å². The molecular formula is C20H16FN3O2. The van der Waals surface area contributed by atoms with E-state index in [1.807, 2.05) is 12.1 Å². The molecule has 2 amide bonds. The second kappa shape index (κ2) is 8.02. The molecule has 0 saturated carbocycles. The second-order valence-corrected chi connectivity index (χ2v) is 5.54. The van der Waals surface area contributed by atoms with Gasteiger partial charge < -0.3 is 10.6 Å². The summed E-state index contributed by atoms with van der Waals surface area (Å²) in [5.74, 6) is -0.956. The summed E-state index contributed by atoms with van der Waals surface area (Å²) in [6.07, 6.45) is 1.66. The van der Waals surface area contributed by atoms with Gasteiger partial charge >= 0.3 is 0 Å². The van der Waals surface area contributed by atoms with Gasteiger partial charge in [-0.3, -0.25) is 14.6 Å². The van der Waals surface area contributed by atoms with Crippen LogP contribution in [0.15, 0.2) is 72.9 Å². The summed E-state index contributed by atoms with van der Waals surface area (Å²) in [7, 11) is 0. The van der Waals surface area contributed by atoms with Crippen LogP contribution in [0.3, 0.4) is 0 Å². The average Bonchev–Trinajstić information content (AvgIpc) is 2.69. The van der Waals surface area contributed by atoms with E-state index < -0.39 is 0 Å². The van der Waals surface area contributed by atoms with Gasteiger partial charge in [0.15, 0.2) is 0 Å². The molecule has 0 atom stereocenters. The van der Waals surface area contributed by atoms with E-state index in [4.69, 9.17) is 0 Å². The SMILES string of the molecule is O=C(NCc1ccccn1)c1ccc(C(=O)Nc2ccc(F)cc2)cc1. The Balaban J connectivity index is 1.59. The lowest BCUT2D eigenvalue weighted by Crippen LogP contribution is -2.23. The Bertz CT molecular complexity index is 895.